The number of amides is 1. The molecule has 1 heterocycles. The summed E-state index contributed by atoms with van der Waals surface area (Å²) in [6.07, 6.45) is 0.728. The van der Waals surface area contributed by atoms with Crippen molar-refractivity contribution in [3.63, 3.8) is 0 Å². The molecule has 0 spiro atoms. The van der Waals surface area contributed by atoms with E-state index < -0.39 is 0 Å². The molecule has 28 heavy (non-hydrogen) atoms. The van der Waals surface area contributed by atoms with Gasteiger partial charge in [-0.05, 0) is 52.7 Å². The molecular formula is C21H19BrN4O2. The SMILES string of the molecule is COc1ccc(Br)c(C(=O)NCCCNc2cc(C#N)nc3ccccc23)c1. The maximum Gasteiger partial charge on any atom is 0.252 e. The van der Waals surface area contributed by atoms with Crippen LogP contribution in [0.1, 0.15) is 22.5 Å². The van der Waals surface area contributed by atoms with Crippen molar-refractivity contribution < 1.29 is 9.53 Å². The minimum Gasteiger partial charge on any atom is -0.497 e. The molecule has 0 aliphatic heterocycles. The van der Waals surface area contributed by atoms with E-state index in [1.807, 2.05) is 24.3 Å². The Labute approximate surface area is 171 Å². The quantitative estimate of drug-likeness (QED) is 0.541. The molecule has 0 atom stereocenters. The predicted octanol–water partition coefficient (Wildman–Crippen LogP) is 4.11. The molecule has 0 aliphatic rings. The molecule has 0 saturated heterocycles. The van der Waals surface area contributed by atoms with Crippen molar-refractivity contribution >= 4 is 38.4 Å². The number of anilines is 1. The van der Waals surface area contributed by atoms with Crippen molar-refractivity contribution in [3.8, 4) is 11.8 Å². The van der Waals surface area contributed by atoms with Gasteiger partial charge in [-0.2, -0.15) is 5.26 Å². The highest BCUT2D eigenvalue weighted by Gasteiger charge is 2.11. The second-order valence-corrected chi connectivity index (χ2v) is 6.92. The van der Waals surface area contributed by atoms with Gasteiger partial charge in [-0.3, -0.25) is 4.79 Å². The second-order valence-electron chi connectivity index (χ2n) is 6.07. The first-order valence-corrected chi connectivity index (χ1v) is 9.57. The lowest BCUT2D eigenvalue weighted by Gasteiger charge is -2.11. The van der Waals surface area contributed by atoms with Crippen molar-refractivity contribution in [1.82, 2.24) is 10.3 Å². The third kappa shape index (κ3) is 4.59. The van der Waals surface area contributed by atoms with E-state index in [1.165, 1.54) is 0 Å². The van der Waals surface area contributed by atoms with Crippen molar-refractivity contribution in [2.24, 2.45) is 0 Å². The molecular weight excluding hydrogens is 420 g/mol. The number of hydrogen-bond acceptors (Lipinski definition) is 5. The van der Waals surface area contributed by atoms with Crippen LogP contribution < -0.4 is 15.4 Å². The van der Waals surface area contributed by atoms with Gasteiger partial charge in [0, 0.05) is 28.6 Å². The van der Waals surface area contributed by atoms with Gasteiger partial charge in [0.15, 0.2) is 0 Å². The molecule has 2 aromatic carbocycles. The number of carbonyl (C=O) groups excluding carboxylic acids is 1. The van der Waals surface area contributed by atoms with E-state index in [0.717, 1.165) is 27.5 Å². The number of ether oxygens (including phenoxy) is 1. The smallest absolute Gasteiger partial charge is 0.252 e. The van der Waals surface area contributed by atoms with Gasteiger partial charge in [0.1, 0.15) is 17.5 Å². The van der Waals surface area contributed by atoms with E-state index in [9.17, 15) is 4.79 Å². The molecule has 0 unspecified atom stereocenters. The summed E-state index contributed by atoms with van der Waals surface area (Å²) in [5.41, 5.74) is 2.55. The highest BCUT2D eigenvalue weighted by Crippen LogP contribution is 2.23. The number of aromatic nitrogens is 1. The Morgan fingerprint density at radius 1 is 1.21 bits per heavy atom. The fraction of sp³-hybridized carbons (Fsp3) is 0.190. The van der Waals surface area contributed by atoms with Crippen LogP contribution in [-0.2, 0) is 0 Å². The van der Waals surface area contributed by atoms with Crippen LogP contribution in [0.3, 0.4) is 0 Å². The van der Waals surface area contributed by atoms with Crippen molar-refractivity contribution in [2.45, 2.75) is 6.42 Å². The number of methoxy groups -OCH3 is 1. The summed E-state index contributed by atoms with van der Waals surface area (Å²) in [6, 6.07) is 16.8. The van der Waals surface area contributed by atoms with Crippen LogP contribution in [0.5, 0.6) is 5.75 Å². The Bertz CT molecular complexity index is 1050. The zero-order valence-electron chi connectivity index (χ0n) is 15.3. The molecule has 142 valence electrons. The van der Waals surface area contributed by atoms with Gasteiger partial charge >= 0.3 is 0 Å². The van der Waals surface area contributed by atoms with Gasteiger partial charge in [0.05, 0.1) is 18.2 Å². The van der Waals surface area contributed by atoms with Gasteiger partial charge < -0.3 is 15.4 Å². The number of benzene rings is 2. The molecule has 7 heteroatoms. The molecule has 3 rings (SSSR count). The zero-order valence-corrected chi connectivity index (χ0v) is 16.9. The number of pyridine rings is 1. The Hall–Kier alpha value is -3.11. The van der Waals surface area contributed by atoms with Gasteiger partial charge in [-0.1, -0.05) is 18.2 Å². The molecule has 2 N–H and O–H groups in total. The largest absolute Gasteiger partial charge is 0.497 e. The number of hydrogen-bond donors (Lipinski definition) is 2. The monoisotopic (exact) mass is 438 g/mol. The Morgan fingerprint density at radius 2 is 2.04 bits per heavy atom. The van der Waals surface area contributed by atoms with Crippen molar-refractivity contribution in [2.75, 3.05) is 25.5 Å². The van der Waals surface area contributed by atoms with Crippen LogP contribution in [0.4, 0.5) is 5.69 Å². The molecule has 6 nitrogen and oxygen atoms in total. The summed E-state index contributed by atoms with van der Waals surface area (Å²) < 4.78 is 5.89. The van der Waals surface area contributed by atoms with Crippen LogP contribution in [-0.4, -0.2) is 31.1 Å². The standard InChI is InChI=1S/C21H19BrN4O2/c1-28-15-7-8-18(22)17(12-15)21(27)25-10-4-9-24-20-11-14(13-23)26-19-6-3-2-5-16(19)20/h2-3,5-8,11-12H,4,9-10H2,1H3,(H,24,26)(H,25,27). The summed E-state index contributed by atoms with van der Waals surface area (Å²) in [5.74, 6) is 0.472. The lowest BCUT2D eigenvalue weighted by atomic mass is 10.1. The van der Waals surface area contributed by atoms with E-state index in [4.69, 9.17) is 10.00 Å². The third-order valence-electron chi connectivity index (χ3n) is 4.20. The first-order chi connectivity index (χ1) is 13.6. The third-order valence-corrected chi connectivity index (χ3v) is 4.89. The number of carbonyl (C=O) groups is 1. The first kappa shape index (κ1) is 19.6. The highest BCUT2D eigenvalue weighted by atomic mass is 79.9. The molecule has 1 amide bonds. The van der Waals surface area contributed by atoms with E-state index in [-0.39, 0.29) is 5.91 Å². The first-order valence-electron chi connectivity index (χ1n) is 8.78. The number of halogens is 1. The number of rotatable bonds is 7. The average molecular weight is 439 g/mol. The van der Waals surface area contributed by atoms with E-state index in [2.05, 4.69) is 37.6 Å². The molecule has 3 aromatic rings. The molecule has 0 fully saturated rings. The molecule has 0 aliphatic carbocycles. The Balaban J connectivity index is 1.56. The van der Waals surface area contributed by atoms with E-state index in [1.54, 1.807) is 31.4 Å². The number of nitrogens with one attached hydrogen (secondary N) is 2. The molecule has 0 radical (unpaired) electrons. The maximum absolute atomic E-state index is 12.4. The van der Waals surface area contributed by atoms with E-state index >= 15 is 0 Å². The average Bonchev–Trinajstić information content (AvgIpc) is 2.73. The van der Waals surface area contributed by atoms with E-state index in [0.29, 0.717) is 30.1 Å². The van der Waals surface area contributed by atoms with Crippen molar-refractivity contribution in [3.05, 3.63) is 64.3 Å². The number of para-hydroxylation sites is 1. The normalized spacial score (nSPS) is 10.3. The van der Waals surface area contributed by atoms with Crippen molar-refractivity contribution in [1.29, 1.82) is 5.26 Å². The fourth-order valence-electron chi connectivity index (χ4n) is 2.79. The molecule has 1 aromatic heterocycles. The Morgan fingerprint density at radius 3 is 2.82 bits per heavy atom. The summed E-state index contributed by atoms with van der Waals surface area (Å²) in [6.45, 7) is 1.17. The predicted molar refractivity (Wildman–Crippen MR) is 113 cm³/mol. The van der Waals surface area contributed by atoms with Crippen LogP contribution in [0, 0.1) is 11.3 Å². The maximum atomic E-state index is 12.4. The lowest BCUT2D eigenvalue weighted by molar-refractivity contribution is 0.0952. The van der Waals surface area contributed by atoms with Gasteiger partial charge in [-0.25, -0.2) is 4.98 Å². The zero-order chi connectivity index (χ0) is 19.9. The van der Waals surface area contributed by atoms with Gasteiger partial charge in [-0.15, -0.1) is 0 Å². The second kappa shape index (κ2) is 9.20. The minimum absolute atomic E-state index is 0.160. The van der Waals surface area contributed by atoms with Gasteiger partial charge in [0.25, 0.3) is 5.91 Å². The summed E-state index contributed by atoms with van der Waals surface area (Å²) in [5, 5.41) is 16.4. The highest BCUT2D eigenvalue weighted by molar-refractivity contribution is 9.10. The van der Waals surface area contributed by atoms with Gasteiger partial charge in [0.2, 0.25) is 0 Å². The summed E-state index contributed by atoms with van der Waals surface area (Å²) in [7, 11) is 1.57. The van der Waals surface area contributed by atoms with Crippen LogP contribution in [0.15, 0.2) is 53.0 Å². The minimum atomic E-state index is -0.160. The van der Waals surface area contributed by atoms with Crippen LogP contribution >= 0.6 is 15.9 Å². The topological polar surface area (TPSA) is 87.0 Å². The Kier molecular flexibility index (Phi) is 6.45. The molecule has 0 bridgehead atoms. The number of nitrogens with zero attached hydrogens (tertiary/aromatic N) is 2. The summed E-state index contributed by atoms with van der Waals surface area (Å²) >= 11 is 3.39. The lowest BCUT2D eigenvalue weighted by Crippen LogP contribution is -2.26. The van der Waals surface area contributed by atoms with Crippen LogP contribution in [0.25, 0.3) is 10.9 Å². The fourth-order valence-corrected chi connectivity index (χ4v) is 3.22. The number of fused-ring (bicyclic) bond motifs is 1. The van der Waals surface area contributed by atoms with Crippen LogP contribution in [0.2, 0.25) is 0 Å². The summed E-state index contributed by atoms with van der Waals surface area (Å²) in [4.78, 5) is 16.7. The number of nitriles is 1. The molecule has 0 saturated carbocycles.